The van der Waals surface area contributed by atoms with Crippen molar-refractivity contribution >= 4 is 23.1 Å². The molecule has 0 radical (unpaired) electrons. The van der Waals surface area contributed by atoms with Gasteiger partial charge in [-0.3, -0.25) is 0 Å². The molecule has 0 saturated heterocycles. The van der Waals surface area contributed by atoms with Crippen molar-refractivity contribution in [1.82, 2.24) is 4.98 Å². The first-order valence-corrected chi connectivity index (χ1v) is 6.89. The predicted molar refractivity (Wildman–Crippen MR) is 75.0 cm³/mol. The van der Waals surface area contributed by atoms with Crippen molar-refractivity contribution in [1.29, 1.82) is 0 Å². The summed E-state index contributed by atoms with van der Waals surface area (Å²) < 4.78 is 0. The highest BCUT2D eigenvalue weighted by Gasteiger charge is 2.23. The van der Waals surface area contributed by atoms with E-state index < -0.39 is 0 Å². The number of pyridine rings is 1. The molecule has 1 aliphatic rings. The number of nitrogen functional groups attached to an aromatic ring is 1. The largest absolute Gasteiger partial charge is 0.396 e. The van der Waals surface area contributed by atoms with Gasteiger partial charge >= 0.3 is 0 Å². The molecule has 0 aliphatic heterocycles. The first-order valence-electron chi connectivity index (χ1n) is 6.52. The molecule has 1 aliphatic carbocycles. The van der Waals surface area contributed by atoms with Crippen molar-refractivity contribution in [2.45, 2.75) is 38.1 Å². The first kappa shape index (κ1) is 13.4. The second-order valence-electron chi connectivity index (χ2n) is 4.76. The molecule has 18 heavy (non-hydrogen) atoms. The molecule has 3 N–H and O–H groups in total. The lowest BCUT2D eigenvalue weighted by Gasteiger charge is -2.35. The summed E-state index contributed by atoms with van der Waals surface area (Å²) in [4.78, 5) is 6.43. The molecule has 100 valence electrons. The Kier molecular flexibility index (Phi) is 4.66. The molecule has 2 rings (SSSR count). The van der Waals surface area contributed by atoms with Crippen LogP contribution in [0.1, 0.15) is 32.1 Å². The van der Waals surface area contributed by atoms with Crippen LogP contribution in [0.5, 0.6) is 0 Å². The summed E-state index contributed by atoms with van der Waals surface area (Å²) in [6.45, 7) is 0.659. The Labute approximate surface area is 113 Å². The van der Waals surface area contributed by atoms with Crippen LogP contribution in [0, 0.1) is 0 Å². The van der Waals surface area contributed by atoms with E-state index in [0.717, 1.165) is 12.8 Å². The van der Waals surface area contributed by atoms with Gasteiger partial charge in [0.2, 0.25) is 0 Å². The van der Waals surface area contributed by atoms with Crippen molar-refractivity contribution in [2.24, 2.45) is 0 Å². The van der Waals surface area contributed by atoms with E-state index in [-0.39, 0.29) is 6.61 Å². The highest BCUT2D eigenvalue weighted by atomic mass is 35.5. The highest BCUT2D eigenvalue weighted by Crippen LogP contribution is 2.30. The van der Waals surface area contributed by atoms with Crippen LogP contribution >= 0.6 is 11.6 Å². The number of aliphatic hydroxyl groups excluding tert-OH is 1. The van der Waals surface area contributed by atoms with Gasteiger partial charge in [0.25, 0.3) is 0 Å². The van der Waals surface area contributed by atoms with Gasteiger partial charge in [0.15, 0.2) is 5.82 Å². The summed E-state index contributed by atoms with van der Waals surface area (Å²) in [5, 5.41) is 9.69. The van der Waals surface area contributed by atoms with Gasteiger partial charge in [0.1, 0.15) is 5.15 Å². The molecule has 0 atom stereocenters. The van der Waals surface area contributed by atoms with Crippen LogP contribution in [0.15, 0.2) is 12.1 Å². The molecular formula is C13H20ClN3O. The van der Waals surface area contributed by atoms with Crippen molar-refractivity contribution in [2.75, 3.05) is 23.8 Å². The van der Waals surface area contributed by atoms with Gasteiger partial charge in [0, 0.05) is 12.6 Å². The van der Waals surface area contributed by atoms with E-state index in [1.165, 1.54) is 19.3 Å². The maximum absolute atomic E-state index is 9.25. The monoisotopic (exact) mass is 269 g/mol. The molecule has 1 heterocycles. The fourth-order valence-corrected chi connectivity index (χ4v) is 2.77. The fraction of sp³-hybridized carbons (Fsp3) is 0.615. The number of halogens is 1. The van der Waals surface area contributed by atoms with Crippen LogP contribution in [0.2, 0.25) is 5.15 Å². The zero-order valence-electron chi connectivity index (χ0n) is 10.5. The fourth-order valence-electron chi connectivity index (χ4n) is 2.63. The number of aliphatic hydroxyl groups is 1. The second-order valence-corrected chi connectivity index (χ2v) is 5.14. The van der Waals surface area contributed by atoms with E-state index in [1.807, 2.05) is 0 Å². The molecule has 0 amide bonds. The molecule has 1 fully saturated rings. The maximum atomic E-state index is 9.25. The normalized spacial score (nSPS) is 16.8. The lowest BCUT2D eigenvalue weighted by molar-refractivity contribution is 0.289. The average Bonchev–Trinajstić information content (AvgIpc) is 2.40. The number of rotatable bonds is 4. The molecule has 4 nitrogen and oxygen atoms in total. The minimum absolute atomic E-state index is 0.101. The molecule has 0 aromatic carbocycles. The highest BCUT2D eigenvalue weighted by molar-refractivity contribution is 6.29. The van der Waals surface area contributed by atoms with Gasteiger partial charge < -0.3 is 15.7 Å². The average molecular weight is 270 g/mol. The standard InChI is InChI=1S/C13H20ClN3O/c14-12-7-6-11(15)13(16-12)17(8-9-18)10-4-2-1-3-5-10/h6-7,10,18H,1-5,8-9,15H2. The van der Waals surface area contributed by atoms with E-state index in [4.69, 9.17) is 17.3 Å². The van der Waals surface area contributed by atoms with Gasteiger partial charge in [-0.05, 0) is 25.0 Å². The first-order chi connectivity index (χ1) is 8.72. The number of hydrogen-bond acceptors (Lipinski definition) is 4. The predicted octanol–water partition coefficient (Wildman–Crippen LogP) is 2.45. The van der Waals surface area contributed by atoms with Crippen molar-refractivity contribution in [3.63, 3.8) is 0 Å². The maximum Gasteiger partial charge on any atom is 0.153 e. The Morgan fingerprint density at radius 3 is 2.72 bits per heavy atom. The van der Waals surface area contributed by atoms with Gasteiger partial charge in [0.05, 0.1) is 12.3 Å². The number of anilines is 2. The molecule has 1 aromatic heterocycles. The SMILES string of the molecule is Nc1ccc(Cl)nc1N(CCO)C1CCCCC1. The summed E-state index contributed by atoms with van der Waals surface area (Å²) in [5.41, 5.74) is 6.61. The van der Waals surface area contributed by atoms with Gasteiger partial charge in [-0.15, -0.1) is 0 Å². The zero-order valence-corrected chi connectivity index (χ0v) is 11.2. The Balaban J connectivity index is 2.24. The lowest BCUT2D eigenvalue weighted by atomic mass is 9.94. The quantitative estimate of drug-likeness (QED) is 0.825. The van der Waals surface area contributed by atoms with E-state index >= 15 is 0 Å². The molecule has 1 aromatic rings. The van der Waals surface area contributed by atoms with Gasteiger partial charge in [-0.25, -0.2) is 4.98 Å². The third-order valence-corrected chi connectivity index (χ3v) is 3.71. The summed E-state index contributed by atoms with van der Waals surface area (Å²) in [7, 11) is 0. The third kappa shape index (κ3) is 3.06. The molecule has 0 unspecified atom stereocenters. The molecule has 0 bridgehead atoms. The summed E-state index contributed by atoms with van der Waals surface area (Å²) >= 11 is 5.94. The topological polar surface area (TPSA) is 62.4 Å². The van der Waals surface area contributed by atoms with Crippen molar-refractivity contribution < 1.29 is 5.11 Å². The smallest absolute Gasteiger partial charge is 0.153 e. The Morgan fingerprint density at radius 2 is 2.06 bits per heavy atom. The summed E-state index contributed by atoms with van der Waals surface area (Å²) in [6, 6.07) is 3.88. The summed E-state index contributed by atoms with van der Waals surface area (Å²) in [6.07, 6.45) is 6.02. The molecular weight excluding hydrogens is 250 g/mol. The van der Waals surface area contributed by atoms with Crippen LogP contribution in [0.3, 0.4) is 0 Å². The number of nitrogens with zero attached hydrogens (tertiary/aromatic N) is 2. The van der Waals surface area contributed by atoms with E-state index in [0.29, 0.717) is 29.2 Å². The van der Waals surface area contributed by atoms with E-state index in [9.17, 15) is 5.11 Å². The molecule has 0 spiro atoms. The van der Waals surface area contributed by atoms with E-state index in [1.54, 1.807) is 12.1 Å². The zero-order chi connectivity index (χ0) is 13.0. The van der Waals surface area contributed by atoms with Crippen LogP contribution in [-0.4, -0.2) is 29.3 Å². The molecule has 1 saturated carbocycles. The lowest BCUT2D eigenvalue weighted by Crippen LogP contribution is -2.39. The van der Waals surface area contributed by atoms with Gasteiger partial charge in [-0.2, -0.15) is 0 Å². The van der Waals surface area contributed by atoms with Gasteiger partial charge in [-0.1, -0.05) is 30.9 Å². The number of aromatic nitrogens is 1. The molecule has 5 heteroatoms. The Bertz CT molecular complexity index is 394. The number of hydrogen-bond donors (Lipinski definition) is 2. The van der Waals surface area contributed by atoms with Crippen molar-refractivity contribution in [3.8, 4) is 0 Å². The Morgan fingerprint density at radius 1 is 1.33 bits per heavy atom. The van der Waals surface area contributed by atoms with Crippen LogP contribution in [0.4, 0.5) is 11.5 Å². The number of nitrogens with two attached hydrogens (primary N) is 1. The minimum Gasteiger partial charge on any atom is -0.396 e. The van der Waals surface area contributed by atoms with E-state index in [2.05, 4.69) is 9.88 Å². The van der Waals surface area contributed by atoms with Crippen LogP contribution < -0.4 is 10.6 Å². The second kappa shape index (κ2) is 6.25. The Hall–Kier alpha value is -1.00. The summed E-state index contributed by atoms with van der Waals surface area (Å²) in [5.74, 6) is 0.712. The third-order valence-electron chi connectivity index (χ3n) is 3.50. The minimum atomic E-state index is 0.101. The van der Waals surface area contributed by atoms with Crippen LogP contribution in [-0.2, 0) is 0 Å². The van der Waals surface area contributed by atoms with Crippen molar-refractivity contribution in [3.05, 3.63) is 17.3 Å². The van der Waals surface area contributed by atoms with Crippen LogP contribution in [0.25, 0.3) is 0 Å².